The van der Waals surface area contributed by atoms with Gasteiger partial charge < -0.3 is 9.47 Å². The number of ketones is 1. The minimum Gasteiger partial charge on any atom is -0.466 e. The van der Waals surface area contributed by atoms with Crippen molar-refractivity contribution in [3.63, 3.8) is 0 Å². The van der Waals surface area contributed by atoms with E-state index < -0.39 is 11.6 Å². The van der Waals surface area contributed by atoms with Gasteiger partial charge in [0, 0.05) is 5.92 Å². The van der Waals surface area contributed by atoms with E-state index in [1.807, 2.05) is 27.7 Å². The van der Waals surface area contributed by atoms with Gasteiger partial charge in [-0.05, 0) is 11.3 Å². The fourth-order valence-electron chi connectivity index (χ4n) is 2.87. The maximum absolute atomic E-state index is 12.2. The Labute approximate surface area is 95.3 Å². The molecule has 0 bridgehead atoms. The van der Waals surface area contributed by atoms with Crippen molar-refractivity contribution in [3.05, 3.63) is 0 Å². The van der Waals surface area contributed by atoms with Gasteiger partial charge in [0.1, 0.15) is 6.10 Å². The van der Waals surface area contributed by atoms with Crippen LogP contribution in [0.2, 0.25) is 0 Å². The maximum atomic E-state index is 12.2. The maximum Gasteiger partial charge on any atom is 0.348 e. The first-order valence-corrected chi connectivity index (χ1v) is 5.60. The molecule has 0 radical (unpaired) electrons. The molecule has 0 N–H and O–H groups in total. The summed E-state index contributed by atoms with van der Waals surface area (Å²) in [6.07, 6.45) is -0.328. The van der Waals surface area contributed by atoms with Crippen LogP contribution in [0, 0.1) is 17.3 Å². The summed E-state index contributed by atoms with van der Waals surface area (Å²) in [6.45, 7) is 7.97. The normalized spacial score (nSPS) is 44.8. The zero-order chi connectivity index (χ0) is 12.3. The number of methoxy groups -OCH3 is 1. The molecule has 0 aromatic heterocycles. The van der Waals surface area contributed by atoms with Gasteiger partial charge in [0.15, 0.2) is 5.78 Å². The molecule has 0 aromatic rings. The number of Topliss-reactive ketones (excluding diaryl/α,β-unsaturated/α-hetero) is 1. The molecular weight excluding hydrogens is 208 g/mol. The zero-order valence-electron chi connectivity index (χ0n) is 10.4. The first-order chi connectivity index (χ1) is 7.30. The molecule has 1 heterocycles. The predicted octanol–water partition coefficient (Wildman–Crippen LogP) is 1.18. The largest absolute Gasteiger partial charge is 0.466 e. The zero-order valence-corrected chi connectivity index (χ0v) is 10.4. The van der Waals surface area contributed by atoms with Gasteiger partial charge in [-0.3, -0.25) is 4.79 Å². The Kier molecular flexibility index (Phi) is 2.22. The summed E-state index contributed by atoms with van der Waals surface area (Å²) in [5.74, 6) is -0.649. The Morgan fingerprint density at radius 3 is 2.44 bits per heavy atom. The van der Waals surface area contributed by atoms with Crippen LogP contribution in [-0.4, -0.2) is 30.6 Å². The van der Waals surface area contributed by atoms with Crippen molar-refractivity contribution in [3.8, 4) is 0 Å². The summed E-state index contributed by atoms with van der Waals surface area (Å²) < 4.78 is 10.2. The van der Waals surface area contributed by atoms with Crippen molar-refractivity contribution < 1.29 is 19.1 Å². The highest BCUT2D eigenvalue weighted by Gasteiger charge is 2.78. The van der Waals surface area contributed by atoms with Crippen molar-refractivity contribution >= 4 is 11.8 Å². The highest BCUT2D eigenvalue weighted by atomic mass is 16.7. The number of carbonyl (C=O) groups is 2. The van der Waals surface area contributed by atoms with Gasteiger partial charge >= 0.3 is 5.97 Å². The fraction of sp³-hybridized carbons (Fsp3) is 0.833. The molecule has 1 saturated heterocycles. The average Bonchev–Trinajstić information content (AvgIpc) is 3.00. The lowest BCUT2D eigenvalue weighted by Crippen LogP contribution is -2.53. The van der Waals surface area contributed by atoms with Gasteiger partial charge in [0.2, 0.25) is 0 Å². The molecule has 1 aliphatic heterocycles. The second-order valence-corrected chi connectivity index (χ2v) is 5.49. The molecule has 0 amide bonds. The van der Waals surface area contributed by atoms with Crippen LogP contribution in [0.1, 0.15) is 27.7 Å². The van der Waals surface area contributed by atoms with E-state index in [-0.39, 0.29) is 29.1 Å². The van der Waals surface area contributed by atoms with Gasteiger partial charge in [0.25, 0.3) is 5.60 Å². The lowest BCUT2D eigenvalue weighted by Gasteiger charge is -2.39. The first-order valence-electron chi connectivity index (χ1n) is 5.60. The average molecular weight is 226 g/mol. The molecule has 1 saturated carbocycles. The predicted molar refractivity (Wildman–Crippen MR) is 56.7 cm³/mol. The SMILES string of the molecule is COC(=O)C12OC1C(C)(C)C(C)C(C)C2=O. The van der Waals surface area contributed by atoms with Crippen molar-refractivity contribution in [2.45, 2.75) is 39.4 Å². The van der Waals surface area contributed by atoms with Gasteiger partial charge in [-0.2, -0.15) is 0 Å². The second kappa shape index (κ2) is 3.06. The van der Waals surface area contributed by atoms with Crippen LogP contribution < -0.4 is 0 Å². The van der Waals surface area contributed by atoms with Gasteiger partial charge in [0.05, 0.1) is 7.11 Å². The van der Waals surface area contributed by atoms with Crippen molar-refractivity contribution in [1.29, 1.82) is 0 Å². The number of rotatable bonds is 1. The molecule has 2 fully saturated rings. The minimum absolute atomic E-state index is 0.129. The molecule has 0 spiro atoms. The van der Waals surface area contributed by atoms with Crippen LogP contribution in [0.5, 0.6) is 0 Å². The topological polar surface area (TPSA) is 55.9 Å². The third kappa shape index (κ3) is 1.08. The standard InChI is InChI=1S/C12H18O4/c1-6-7(2)11(3,4)9-12(16-9,8(6)13)10(14)15-5/h6-7,9H,1-5H3. The lowest BCUT2D eigenvalue weighted by atomic mass is 9.61. The molecule has 4 heteroatoms. The number of fused-ring (bicyclic) bond motifs is 1. The monoisotopic (exact) mass is 226 g/mol. The van der Waals surface area contributed by atoms with Crippen LogP contribution >= 0.6 is 0 Å². The van der Waals surface area contributed by atoms with Crippen LogP contribution in [-0.2, 0) is 19.1 Å². The smallest absolute Gasteiger partial charge is 0.348 e. The molecule has 2 aliphatic rings. The van der Waals surface area contributed by atoms with Gasteiger partial charge in [-0.25, -0.2) is 4.79 Å². The number of hydrogen-bond donors (Lipinski definition) is 0. The summed E-state index contributed by atoms with van der Waals surface area (Å²) >= 11 is 0. The first kappa shape index (κ1) is 11.6. The molecule has 0 aromatic carbocycles. The number of epoxide rings is 1. The van der Waals surface area contributed by atoms with Crippen LogP contribution in [0.4, 0.5) is 0 Å². The second-order valence-electron chi connectivity index (χ2n) is 5.49. The Bertz CT molecular complexity index is 360. The van der Waals surface area contributed by atoms with Gasteiger partial charge in [-0.1, -0.05) is 27.7 Å². The molecule has 4 atom stereocenters. The third-order valence-electron chi connectivity index (χ3n) is 4.48. The number of esters is 1. The van der Waals surface area contributed by atoms with E-state index in [0.29, 0.717) is 0 Å². The van der Waals surface area contributed by atoms with Gasteiger partial charge in [-0.15, -0.1) is 0 Å². The van der Waals surface area contributed by atoms with E-state index in [2.05, 4.69) is 0 Å². The molecule has 16 heavy (non-hydrogen) atoms. The highest BCUT2D eigenvalue weighted by molar-refractivity contribution is 6.12. The van der Waals surface area contributed by atoms with Crippen LogP contribution in [0.15, 0.2) is 0 Å². The molecule has 90 valence electrons. The Hall–Kier alpha value is -0.900. The number of carbonyl (C=O) groups excluding carboxylic acids is 2. The summed E-state index contributed by atoms with van der Waals surface area (Å²) in [5, 5.41) is 0. The Morgan fingerprint density at radius 2 is 1.94 bits per heavy atom. The van der Waals surface area contributed by atoms with Crippen molar-refractivity contribution in [2.24, 2.45) is 17.3 Å². The van der Waals surface area contributed by atoms with Crippen molar-refractivity contribution in [2.75, 3.05) is 7.11 Å². The molecular formula is C12H18O4. The molecule has 4 unspecified atom stereocenters. The Morgan fingerprint density at radius 1 is 1.38 bits per heavy atom. The van der Waals surface area contributed by atoms with E-state index in [9.17, 15) is 9.59 Å². The summed E-state index contributed by atoms with van der Waals surface area (Å²) in [6, 6.07) is 0. The van der Waals surface area contributed by atoms with E-state index in [1.165, 1.54) is 7.11 Å². The fourth-order valence-corrected chi connectivity index (χ4v) is 2.87. The van der Waals surface area contributed by atoms with E-state index in [0.717, 1.165) is 0 Å². The van der Waals surface area contributed by atoms with E-state index in [4.69, 9.17) is 9.47 Å². The quantitative estimate of drug-likeness (QED) is 0.383. The third-order valence-corrected chi connectivity index (χ3v) is 4.48. The summed E-state index contributed by atoms with van der Waals surface area (Å²) in [4.78, 5) is 23.9. The number of ether oxygens (including phenoxy) is 2. The van der Waals surface area contributed by atoms with Crippen LogP contribution in [0.3, 0.4) is 0 Å². The highest BCUT2D eigenvalue weighted by Crippen LogP contribution is 2.59. The lowest BCUT2D eigenvalue weighted by molar-refractivity contribution is -0.154. The van der Waals surface area contributed by atoms with E-state index in [1.54, 1.807) is 0 Å². The van der Waals surface area contributed by atoms with Crippen LogP contribution in [0.25, 0.3) is 0 Å². The Balaban J connectivity index is 2.41. The molecule has 2 rings (SSSR count). The summed E-state index contributed by atoms with van der Waals surface area (Å²) in [5.41, 5.74) is -1.48. The van der Waals surface area contributed by atoms with E-state index >= 15 is 0 Å². The minimum atomic E-state index is -1.30. The molecule has 1 aliphatic carbocycles. The molecule has 4 nitrogen and oxygen atoms in total. The summed E-state index contributed by atoms with van der Waals surface area (Å²) in [7, 11) is 1.29. The van der Waals surface area contributed by atoms with Crippen molar-refractivity contribution in [1.82, 2.24) is 0 Å². The number of hydrogen-bond acceptors (Lipinski definition) is 4.